The van der Waals surface area contributed by atoms with Crippen molar-refractivity contribution in [2.75, 3.05) is 31.1 Å². The van der Waals surface area contributed by atoms with Crippen LogP contribution in [0.5, 0.6) is 0 Å². The maximum absolute atomic E-state index is 13.6. The Kier molecular flexibility index (Phi) is 5.27. The number of sulfonamides is 1. The fourth-order valence-corrected chi connectivity index (χ4v) is 7.07. The Morgan fingerprint density at radius 1 is 0.966 bits per heavy atom. The molecule has 0 unspecified atom stereocenters. The van der Waals surface area contributed by atoms with E-state index in [0.717, 1.165) is 26.7 Å². The summed E-state index contributed by atoms with van der Waals surface area (Å²) in [6, 6.07) is 10.1. The molecule has 0 bridgehead atoms. The molecule has 8 heteroatoms. The smallest absolute Gasteiger partial charge is 0.245 e. The van der Waals surface area contributed by atoms with Crippen LogP contribution in [0.3, 0.4) is 0 Å². The summed E-state index contributed by atoms with van der Waals surface area (Å²) in [7, 11) is -3.63. The molecule has 1 aliphatic heterocycles. The summed E-state index contributed by atoms with van der Waals surface area (Å²) in [5, 5.41) is 4.04. The van der Waals surface area contributed by atoms with E-state index in [4.69, 9.17) is 4.52 Å². The molecule has 6 nitrogen and oxygen atoms in total. The number of aromatic nitrogens is 1. The van der Waals surface area contributed by atoms with E-state index in [2.05, 4.69) is 22.2 Å². The first kappa shape index (κ1) is 20.1. The lowest BCUT2D eigenvalue weighted by Crippen LogP contribution is -2.48. The summed E-state index contributed by atoms with van der Waals surface area (Å²) in [4.78, 5) is 4.31. The van der Waals surface area contributed by atoms with Crippen molar-refractivity contribution in [3.05, 3.63) is 51.3 Å². The molecule has 1 fully saturated rings. The third-order valence-electron chi connectivity index (χ3n) is 5.55. The van der Waals surface area contributed by atoms with Gasteiger partial charge in [-0.2, -0.15) is 4.31 Å². The Morgan fingerprint density at radius 3 is 2.21 bits per heavy atom. The first-order valence-corrected chi connectivity index (χ1v) is 11.9. The molecule has 3 heterocycles. The van der Waals surface area contributed by atoms with Crippen molar-refractivity contribution >= 4 is 27.0 Å². The van der Waals surface area contributed by atoms with Gasteiger partial charge in [0.1, 0.15) is 4.90 Å². The first-order valence-electron chi connectivity index (χ1n) is 9.64. The third-order valence-corrected chi connectivity index (χ3v) is 8.77. The van der Waals surface area contributed by atoms with Gasteiger partial charge in [-0.3, -0.25) is 0 Å². The lowest BCUT2D eigenvalue weighted by molar-refractivity contribution is 0.384. The van der Waals surface area contributed by atoms with E-state index in [-0.39, 0.29) is 0 Å². The van der Waals surface area contributed by atoms with Crippen LogP contribution in [-0.4, -0.2) is 44.1 Å². The second-order valence-electron chi connectivity index (χ2n) is 7.37. The zero-order valence-electron chi connectivity index (χ0n) is 17.1. The molecule has 154 valence electrons. The van der Waals surface area contributed by atoms with Gasteiger partial charge in [0.25, 0.3) is 0 Å². The largest absolute Gasteiger partial charge is 0.369 e. The summed E-state index contributed by atoms with van der Waals surface area (Å²) >= 11 is 1.49. The standard InChI is InChI=1S/C21H25N3O3S2/c1-14-15(2)22-27-20(14)19-16(3)28-17(4)21(19)29(25,26)24-12-10-23(11-13-24)18-8-6-5-7-9-18/h5-9H,10-13H2,1-4H3. The molecule has 2 aromatic heterocycles. The van der Waals surface area contributed by atoms with E-state index < -0.39 is 10.0 Å². The second-order valence-corrected chi connectivity index (χ2v) is 10.7. The van der Waals surface area contributed by atoms with Crippen LogP contribution in [0.4, 0.5) is 5.69 Å². The molecule has 1 aliphatic rings. The van der Waals surface area contributed by atoms with Crippen LogP contribution in [0, 0.1) is 27.7 Å². The molecule has 29 heavy (non-hydrogen) atoms. The Balaban J connectivity index is 1.66. The van der Waals surface area contributed by atoms with Gasteiger partial charge < -0.3 is 9.42 Å². The average Bonchev–Trinajstić information content (AvgIpc) is 3.20. The van der Waals surface area contributed by atoms with E-state index >= 15 is 0 Å². The van der Waals surface area contributed by atoms with Gasteiger partial charge in [0, 0.05) is 47.2 Å². The van der Waals surface area contributed by atoms with E-state index in [1.165, 1.54) is 11.3 Å². The van der Waals surface area contributed by atoms with Gasteiger partial charge in [0.15, 0.2) is 5.76 Å². The van der Waals surface area contributed by atoms with Crippen molar-refractivity contribution in [3.63, 3.8) is 0 Å². The zero-order valence-corrected chi connectivity index (χ0v) is 18.7. The zero-order chi connectivity index (χ0) is 20.8. The quantitative estimate of drug-likeness (QED) is 0.621. The number of hydrogen-bond donors (Lipinski definition) is 0. The number of para-hydroxylation sites is 1. The SMILES string of the molecule is Cc1noc(-c2c(C)sc(C)c2S(=O)(=O)N2CCN(c3ccccc3)CC2)c1C. The highest BCUT2D eigenvalue weighted by Gasteiger charge is 2.35. The van der Waals surface area contributed by atoms with Crippen LogP contribution in [0.15, 0.2) is 39.8 Å². The molecule has 1 saturated heterocycles. The van der Waals surface area contributed by atoms with E-state index in [9.17, 15) is 8.42 Å². The van der Waals surface area contributed by atoms with Crippen LogP contribution in [-0.2, 0) is 10.0 Å². The molecule has 0 atom stereocenters. The van der Waals surface area contributed by atoms with Gasteiger partial charge in [-0.15, -0.1) is 11.3 Å². The minimum Gasteiger partial charge on any atom is -0.369 e. The summed E-state index contributed by atoms with van der Waals surface area (Å²) < 4.78 is 34.4. The highest BCUT2D eigenvalue weighted by Crippen LogP contribution is 2.42. The van der Waals surface area contributed by atoms with Crippen LogP contribution in [0.25, 0.3) is 11.3 Å². The third kappa shape index (κ3) is 3.49. The monoisotopic (exact) mass is 431 g/mol. The molecule has 0 saturated carbocycles. The highest BCUT2D eigenvalue weighted by molar-refractivity contribution is 7.89. The maximum Gasteiger partial charge on any atom is 0.245 e. The molecule has 0 radical (unpaired) electrons. The predicted molar refractivity (Wildman–Crippen MR) is 116 cm³/mol. The highest BCUT2D eigenvalue weighted by atomic mass is 32.2. The summed E-state index contributed by atoms with van der Waals surface area (Å²) in [6.45, 7) is 9.85. The summed E-state index contributed by atoms with van der Waals surface area (Å²) in [5.41, 5.74) is 3.45. The lowest BCUT2D eigenvalue weighted by atomic mass is 10.1. The molecular formula is C21H25N3O3S2. The molecule has 0 aliphatic carbocycles. The first-order chi connectivity index (χ1) is 13.8. The van der Waals surface area contributed by atoms with Crippen LogP contribution < -0.4 is 4.90 Å². The van der Waals surface area contributed by atoms with Gasteiger partial charge in [-0.05, 0) is 39.8 Å². The summed E-state index contributed by atoms with van der Waals surface area (Å²) in [6.07, 6.45) is 0. The molecule has 0 spiro atoms. The Bertz CT molecular complexity index is 1130. The Labute approximate surface area is 175 Å². The number of thiophene rings is 1. The fraction of sp³-hybridized carbons (Fsp3) is 0.381. The predicted octanol–water partition coefficient (Wildman–Crippen LogP) is 4.15. The second kappa shape index (κ2) is 7.59. The van der Waals surface area contributed by atoms with E-state index in [0.29, 0.717) is 42.4 Å². The average molecular weight is 432 g/mol. The van der Waals surface area contributed by atoms with Crippen LogP contribution in [0.2, 0.25) is 0 Å². The number of aryl methyl sites for hydroxylation is 3. The molecule has 0 amide bonds. The van der Waals surface area contributed by atoms with Gasteiger partial charge in [0.05, 0.1) is 11.3 Å². The van der Waals surface area contributed by atoms with Crippen molar-refractivity contribution in [1.29, 1.82) is 0 Å². The van der Waals surface area contributed by atoms with Crippen LogP contribution >= 0.6 is 11.3 Å². The number of hydrogen-bond acceptors (Lipinski definition) is 6. The summed E-state index contributed by atoms with van der Waals surface area (Å²) in [5.74, 6) is 0.561. The molecule has 0 N–H and O–H groups in total. The van der Waals surface area contributed by atoms with Crippen LogP contribution in [0.1, 0.15) is 21.0 Å². The fourth-order valence-electron chi connectivity index (χ4n) is 3.84. The number of anilines is 1. The van der Waals surface area contributed by atoms with Crippen molar-refractivity contribution < 1.29 is 12.9 Å². The normalized spacial score (nSPS) is 15.8. The Hall–Kier alpha value is -2.16. The Morgan fingerprint density at radius 2 is 1.62 bits per heavy atom. The van der Waals surface area contributed by atoms with Gasteiger partial charge in [-0.25, -0.2) is 8.42 Å². The maximum atomic E-state index is 13.6. The van der Waals surface area contributed by atoms with Gasteiger partial charge in [0.2, 0.25) is 10.0 Å². The molecule has 4 rings (SSSR count). The minimum absolute atomic E-state index is 0.368. The van der Waals surface area contributed by atoms with Crippen molar-refractivity contribution in [2.45, 2.75) is 32.6 Å². The number of benzene rings is 1. The molecular weight excluding hydrogens is 406 g/mol. The van der Waals surface area contributed by atoms with Crippen molar-refractivity contribution in [3.8, 4) is 11.3 Å². The number of nitrogens with zero attached hydrogens (tertiary/aromatic N) is 3. The molecule has 3 aromatic rings. The van der Waals surface area contributed by atoms with Gasteiger partial charge >= 0.3 is 0 Å². The minimum atomic E-state index is -3.63. The van der Waals surface area contributed by atoms with Crippen molar-refractivity contribution in [1.82, 2.24) is 9.46 Å². The number of piperazine rings is 1. The van der Waals surface area contributed by atoms with E-state index in [1.54, 1.807) is 4.31 Å². The van der Waals surface area contributed by atoms with Gasteiger partial charge in [-0.1, -0.05) is 23.4 Å². The van der Waals surface area contributed by atoms with E-state index in [1.807, 2.05) is 45.9 Å². The van der Waals surface area contributed by atoms with Crippen molar-refractivity contribution in [2.24, 2.45) is 0 Å². The topological polar surface area (TPSA) is 66.7 Å². The number of rotatable bonds is 4. The molecule has 1 aromatic carbocycles. The lowest BCUT2D eigenvalue weighted by Gasteiger charge is -2.35.